The molecule has 130 valence electrons. The second-order valence-corrected chi connectivity index (χ2v) is 7.20. The molecule has 3 rings (SSSR count). The van der Waals surface area contributed by atoms with Gasteiger partial charge in [0, 0.05) is 30.6 Å². The van der Waals surface area contributed by atoms with Crippen LogP contribution in [-0.2, 0) is 5.54 Å². The normalized spacial score (nSPS) is 18.7. The van der Waals surface area contributed by atoms with E-state index in [4.69, 9.17) is 17.3 Å². The van der Waals surface area contributed by atoms with E-state index >= 15 is 0 Å². The number of rotatable bonds is 4. The Morgan fingerprint density at radius 2 is 1.96 bits per heavy atom. The van der Waals surface area contributed by atoms with E-state index in [0.29, 0.717) is 11.3 Å². The van der Waals surface area contributed by atoms with Crippen LogP contribution in [0.2, 0.25) is 5.02 Å². The first-order chi connectivity index (χ1) is 11.2. The van der Waals surface area contributed by atoms with Crippen LogP contribution in [0.4, 0.5) is 13.2 Å². The lowest BCUT2D eigenvalue weighted by atomic mass is 9.73. The van der Waals surface area contributed by atoms with Crippen molar-refractivity contribution in [2.75, 3.05) is 6.54 Å². The topological polar surface area (TPSA) is 43.8 Å². The van der Waals surface area contributed by atoms with E-state index in [1.165, 1.54) is 12.1 Å². The summed E-state index contributed by atoms with van der Waals surface area (Å²) in [5.74, 6) is -3.14. The van der Waals surface area contributed by atoms with Crippen molar-refractivity contribution >= 4 is 11.6 Å². The Morgan fingerprint density at radius 1 is 1.29 bits per heavy atom. The highest BCUT2D eigenvalue weighted by molar-refractivity contribution is 6.31. The largest absolute Gasteiger partial charge is 0.328 e. The van der Waals surface area contributed by atoms with Gasteiger partial charge in [-0.15, -0.1) is 0 Å². The molecule has 7 heteroatoms. The highest BCUT2D eigenvalue weighted by Crippen LogP contribution is 2.50. The maximum Gasteiger partial charge on any atom is 0.252 e. The Balaban J connectivity index is 2.07. The zero-order valence-corrected chi connectivity index (χ0v) is 14.2. The minimum Gasteiger partial charge on any atom is -0.328 e. The molecular weight excluding hydrogens is 339 g/mol. The van der Waals surface area contributed by atoms with Gasteiger partial charge in [0.1, 0.15) is 5.82 Å². The van der Waals surface area contributed by atoms with Crippen molar-refractivity contribution in [1.82, 2.24) is 9.78 Å². The molecule has 0 amide bonds. The average Bonchev–Trinajstić information content (AvgIpc) is 2.93. The number of halogens is 4. The molecule has 1 aliphatic rings. The Morgan fingerprint density at radius 3 is 2.46 bits per heavy atom. The molecule has 1 aliphatic carbocycles. The molecule has 0 radical (unpaired) electrons. The number of nitrogens with zero attached hydrogens (tertiary/aromatic N) is 2. The minimum absolute atomic E-state index is 0.00291. The molecule has 1 aromatic carbocycles. The highest BCUT2D eigenvalue weighted by Gasteiger charge is 2.58. The maximum atomic E-state index is 13.5. The van der Waals surface area contributed by atoms with Gasteiger partial charge in [-0.1, -0.05) is 25.4 Å². The Labute approximate surface area is 143 Å². The molecule has 1 aromatic heterocycles. The minimum atomic E-state index is -2.71. The molecule has 0 aliphatic heterocycles. The molecule has 1 heterocycles. The highest BCUT2D eigenvalue weighted by atomic mass is 35.5. The Bertz CT molecular complexity index is 762. The van der Waals surface area contributed by atoms with Crippen molar-refractivity contribution in [3.8, 4) is 11.3 Å². The molecule has 24 heavy (non-hydrogen) atoms. The average molecular weight is 358 g/mol. The van der Waals surface area contributed by atoms with Gasteiger partial charge in [-0.25, -0.2) is 13.2 Å². The molecule has 2 N–H and O–H groups in total. The summed E-state index contributed by atoms with van der Waals surface area (Å²) in [6, 6.07) is 6.16. The molecular formula is C17H19ClF3N3. The van der Waals surface area contributed by atoms with E-state index in [1.807, 2.05) is 19.9 Å². The third-order valence-corrected chi connectivity index (χ3v) is 4.84. The standard InChI is InChI=1S/C17H19ClF3N3/c1-10(2)15-6-14(11-3-4-13(19)12(18)5-11)23-24(15)16(9-22)7-17(20,21)8-16/h3-6,10H,7-9,22H2,1-2H3. The first kappa shape index (κ1) is 17.3. The summed E-state index contributed by atoms with van der Waals surface area (Å²) in [6.07, 6.45) is -0.636. The van der Waals surface area contributed by atoms with Crippen molar-refractivity contribution in [3.63, 3.8) is 0 Å². The summed E-state index contributed by atoms with van der Waals surface area (Å²) < 4.78 is 42.0. The zero-order chi connectivity index (χ0) is 17.7. The van der Waals surface area contributed by atoms with Crippen molar-refractivity contribution in [1.29, 1.82) is 0 Å². The Hall–Kier alpha value is -1.53. The zero-order valence-electron chi connectivity index (χ0n) is 13.5. The van der Waals surface area contributed by atoms with Crippen molar-refractivity contribution in [2.45, 2.75) is 44.1 Å². The molecule has 0 saturated heterocycles. The first-order valence-corrected chi connectivity index (χ1v) is 8.19. The lowest BCUT2D eigenvalue weighted by Gasteiger charge is -2.47. The molecule has 3 nitrogen and oxygen atoms in total. The molecule has 0 spiro atoms. The van der Waals surface area contributed by atoms with Gasteiger partial charge in [0.2, 0.25) is 0 Å². The van der Waals surface area contributed by atoms with Crippen LogP contribution < -0.4 is 5.73 Å². The van der Waals surface area contributed by atoms with Crippen LogP contribution in [0.25, 0.3) is 11.3 Å². The fraction of sp³-hybridized carbons (Fsp3) is 0.471. The van der Waals surface area contributed by atoms with E-state index in [9.17, 15) is 13.2 Å². The van der Waals surface area contributed by atoms with Crippen molar-refractivity contribution in [2.24, 2.45) is 5.73 Å². The SMILES string of the molecule is CC(C)c1cc(-c2ccc(F)c(Cl)c2)nn1C1(CN)CC(F)(F)C1. The van der Waals surface area contributed by atoms with E-state index in [-0.39, 0.29) is 30.3 Å². The predicted octanol–water partition coefficient (Wildman–Crippen LogP) is 4.55. The fourth-order valence-corrected chi connectivity index (χ4v) is 3.46. The van der Waals surface area contributed by atoms with Gasteiger partial charge >= 0.3 is 0 Å². The van der Waals surface area contributed by atoms with Gasteiger partial charge in [0.15, 0.2) is 0 Å². The number of hydrogen-bond donors (Lipinski definition) is 1. The summed E-state index contributed by atoms with van der Waals surface area (Å²) in [7, 11) is 0. The van der Waals surface area contributed by atoms with Crippen LogP contribution in [0.5, 0.6) is 0 Å². The number of nitrogens with two attached hydrogens (primary N) is 1. The Kier molecular flexibility index (Phi) is 4.16. The maximum absolute atomic E-state index is 13.5. The number of hydrogen-bond acceptors (Lipinski definition) is 2. The summed E-state index contributed by atoms with van der Waals surface area (Å²) in [5.41, 5.74) is 6.99. The monoisotopic (exact) mass is 357 g/mol. The van der Waals surface area contributed by atoms with Gasteiger partial charge in [-0.05, 0) is 30.2 Å². The summed E-state index contributed by atoms with van der Waals surface area (Å²) in [5, 5.41) is 4.52. The van der Waals surface area contributed by atoms with Gasteiger partial charge < -0.3 is 5.73 Å². The summed E-state index contributed by atoms with van der Waals surface area (Å²) in [4.78, 5) is 0. The van der Waals surface area contributed by atoms with E-state index < -0.39 is 17.3 Å². The van der Waals surface area contributed by atoms with Crippen LogP contribution in [0, 0.1) is 5.82 Å². The van der Waals surface area contributed by atoms with E-state index in [2.05, 4.69) is 5.10 Å². The molecule has 1 fully saturated rings. The van der Waals surface area contributed by atoms with Crippen LogP contribution in [0.15, 0.2) is 24.3 Å². The molecule has 2 aromatic rings. The second-order valence-electron chi connectivity index (χ2n) is 6.79. The van der Waals surface area contributed by atoms with Crippen LogP contribution in [0.3, 0.4) is 0 Å². The van der Waals surface area contributed by atoms with Crippen molar-refractivity contribution < 1.29 is 13.2 Å². The van der Waals surface area contributed by atoms with Gasteiger partial charge in [0.25, 0.3) is 5.92 Å². The van der Waals surface area contributed by atoms with E-state index in [1.54, 1.807) is 10.7 Å². The third kappa shape index (κ3) is 2.82. The predicted molar refractivity (Wildman–Crippen MR) is 87.9 cm³/mol. The van der Waals surface area contributed by atoms with Crippen LogP contribution >= 0.6 is 11.6 Å². The first-order valence-electron chi connectivity index (χ1n) is 7.81. The fourth-order valence-electron chi connectivity index (χ4n) is 3.27. The van der Waals surface area contributed by atoms with Crippen molar-refractivity contribution in [3.05, 3.63) is 40.8 Å². The smallest absolute Gasteiger partial charge is 0.252 e. The number of benzene rings is 1. The summed E-state index contributed by atoms with van der Waals surface area (Å²) in [6.45, 7) is 4.03. The molecule has 1 saturated carbocycles. The lowest BCUT2D eigenvalue weighted by molar-refractivity contribution is -0.153. The van der Waals surface area contributed by atoms with Gasteiger partial charge in [-0.3, -0.25) is 4.68 Å². The van der Waals surface area contributed by atoms with Crippen LogP contribution in [0.1, 0.15) is 38.3 Å². The third-order valence-electron chi connectivity index (χ3n) is 4.55. The van der Waals surface area contributed by atoms with Gasteiger partial charge in [-0.2, -0.15) is 5.10 Å². The van der Waals surface area contributed by atoms with Gasteiger partial charge in [0.05, 0.1) is 16.3 Å². The number of alkyl halides is 2. The lowest BCUT2D eigenvalue weighted by Crippen LogP contribution is -2.58. The quantitative estimate of drug-likeness (QED) is 0.872. The summed E-state index contributed by atoms with van der Waals surface area (Å²) >= 11 is 5.84. The van der Waals surface area contributed by atoms with Crippen LogP contribution in [-0.4, -0.2) is 22.2 Å². The molecule has 0 bridgehead atoms. The molecule has 0 atom stereocenters. The van der Waals surface area contributed by atoms with E-state index in [0.717, 1.165) is 5.69 Å². The molecule has 0 unspecified atom stereocenters. The second kappa shape index (κ2) is 5.77. The number of aromatic nitrogens is 2.